The molecule has 0 saturated carbocycles. The molecule has 0 aliphatic heterocycles. The summed E-state index contributed by atoms with van der Waals surface area (Å²) < 4.78 is 5.63. The minimum absolute atomic E-state index is 0.434. The molecule has 0 atom stereocenters. The molecule has 1 aromatic carbocycles. The van der Waals surface area contributed by atoms with Crippen molar-refractivity contribution in [2.24, 2.45) is 0 Å². The Bertz CT molecular complexity index is 578. The normalized spacial score (nSPS) is 10.5. The van der Waals surface area contributed by atoms with E-state index in [0.717, 1.165) is 17.1 Å². The fourth-order valence-electron chi connectivity index (χ4n) is 1.68. The van der Waals surface area contributed by atoms with Gasteiger partial charge in [-0.2, -0.15) is 0 Å². The Morgan fingerprint density at radius 3 is 2.88 bits per heavy atom. The largest absolute Gasteiger partial charge is 0.377 e. The maximum atomic E-state index is 5.15. The van der Waals surface area contributed by atoms with E-state index in [9.17, 15) is 0 Å². The van der Waals surface area contributed by atoms with Crippen molar-refractivity contribution in [3.8, 4) is 11.3 Å². The van der Waals surface area contributed by atoms with Crippen molar-refractivity contribution in [1.82, 2.24) is 9.97 Å². The topological polar surface area (TPSA) is 37.9 Å². The summed E-state index contributed by atoms with van der Waals surface area (Å²) in [5.74, 6) is 0.747. The van der Waals surface area contributed by atoms with Gasteiger partial charge in [0.15, 0.2) is 0 Å². The van der Waals surface area contributed by atoms with Crippen molar-refractivity contribution in [2.75, 3.05) is 7.11 Å². The van der Waals surface area contributed by atoms with Gasteiger partial charge in [0.05, 0.1) is 0 Å². The number of aromatic amines is 1. The van der Waals surface area contributed by atoms with Crippen LogP contribution in [0.4, 0.5) is 0 Å². The first kappa shape index (κ1) is 12.0. The minimum atomic E-state index is 0.434. The van der Waals surface area contributed by atoms with Gasteiger partial charge < -0.3 is 9.72 Å². The van der Waals surface area contributed by atoms with E-state index in [0.29, 0.717) is 11.2 Å². The third-order valence-corrected chi connectivity index (χ3v) is 2.61. The highest BCUT2D eigenvalue weighted by Crippen LogP contribution is 2.18. The van der Waals surface area contributed by atoms with E-state index in [1.807, 2.05) is 18.2 Å². The van der Waals surface area contributed by atoms with Crippen molar-refractivity contribution in [3.05, 3.63) is 46.4 Å². The van der Waals surface area contributed by atoms with Gasteiger partial charge in [-0.05, 0) is 24.6 Å². The number of aromatic nitrogens is 2. The van der Waals surface area contributed by atoms with E-state index in [-0.39, 0.29) is 0 Å². The highest BCUT2D eigenvalue weighted by atomic mass is 32.1. The van der Waals surface area contributed by atoms with Crippen LogP contribution in [0.2, 0.25) is 0 Å². The quantitative estimate of drug-likeness (QED) is 0.845. The summed E-state index contributed by atoms with van der Waals surface area (Å²) in [4.78, 5) is 7.43. The molecule has 0 amide bonds. The first-order valence-corrected chi connectivity index (χ1v) is 5.76. The Hall–Kier alpha value is -1.52. The summed E-state index contributed by atoms with van der Waals surface area (Å²) in [5.41, 5.74) is 3.29. The van der Waals surface area contributed by atoms with Crippen LogP contribution in [0.3, 0.4) is 0 Å². The second-order valence-corrected chi connectivity index (χ2v) is 4.30. The summed E-state index contributed by atoms with van der Waals surface area (Å²) in [5, 5.41) is 0. The number of hydrogen-bond donors (Lipinski definition) is 1. The van der Waals surface area contributed by atoms with Crippen LogP contribution in [0.25, 0.3) is 11.3 Å². The van der Waals surface area contributed by atoms with Gasteiger partial charge in [0.1, 0.15) is 17.1 Å². The van der Waals surface area contributed by atoms with Gasteiger partial charge >= 0.3 is 0 Å². The molecule has 3 nitrogen and oxygen atoms in total. The first-order chi connectivity index (χ1) is 8.19. The van der Waals surface area contributed by atoms with E-state index in [1.54, 1.807) is 7.11 Å². The number of aryl methyl sites for hydroxylation is 1. The van der Waals surface area contributed by atoms with Crippen LogP contribution in [-0.4, -0.2) is 17.1 Å². The smallest absolute Gasteiger partial charge is 0.134 e. The van der Waals surface area contributed by atoms with Crippen LogP contribution in [-0.2, 0) is 11.3 Å². The van der Waals surface area contributed by atoms with Crippen molar-refractivity contribution in [2.45, 2.75) is 13.5 Å². The molecule has 0 saturated heterocycles. The number of benzene rings is 1. The average molecular weight is 246 g/mol. The molecule has 1 heterocycles. The van der Waals surface area contributed by atoms with E-state index in [1.165, 1.54) is 5.56 Å². The van der Waals surface area contributed by atoms with E-state index in [2.05, 4.69) is 29.0 Å². The zero-order valence-corrected chi connectivity index (χ0v) is 10.7. The molecule has 0 fully saturated rings. The lowest BCUT2D eigenvalue weighted by Crippen LogP contribution is -1.98. The summed E-state index contributed by atoms with van der Waals surface area (Å²) in [6.45, 7) is 2.50. The Labute approximate surface area is 105 Å². The maximum Gasteiger partial charge on any atom is 0.134 e. The number of hydrogen-bond acceptors (Lipinski definition) is 3. The van der Waals surface area contributed by atoms with Gasteiger partial charge in [0.2, 0.25) is 0 Å². The van der Waals surface area contributed by atoms with Crippen LogP contribution < -0.4 is 0 Å². The summed E-state index contributed by atoms with van der Waals surface area (Å²) in [7, 11) is 1.64. The molecule has 4 heteroatoms. The van der Waals surface area contributed by atoms with Gasteiger partial charge in [-0.15, -0.1) is 0 Å². The van der Waals surface area contributed by atoms with Gasteiger partial charge in [0.25, 0.3) is 0 Å². The number of methoxy groups -OCH3 is 1. The van der Waals surface area contributed by atoms with Crippen LogP contribution in [0.1, 0.15) is 11.4 Å². The number of nitrogens with zero attached hydrogens (tertiary/aromatic N) is 1. The fraction of sp³-hybridized carbons (Fsp3) is 0.231. The number of H-pyrrole nitrogens is 1. The second-order valence-electron chi connectivity index (χ2n) is 3.88. The predicted octanol–water partition coefficient (Wildman–Crippen LogP) is 3.26. The van der Waals surface area contributed by atoms with Crippen molar-refractivity contribution < 1.29 is 4.74 Å². The molecule has 0 bridgehead atoms. The molecule has 2 rings (SSSR count). The average Bonchev–Trinajstić information content (AvgIpc) is 2.28. The van der Waals surface area contributed by atoms with Gasteiger partial charge in [-0.1, -0.05) is 36.0 Å². The molecular formula is C13H14N2OS. The Morgan fingerprint density at radius 2 is 2.18 bits per heavy atom. The Balaban J connectivity index is 2.48. The van der Waals surface area contributed by atoms with E-state index < -0.39 is 0 Å². The molecule has 0 radical (unpaired) electrons. The molecule has 0 aliphatic carbocycles. The van der Waals surface area contributed by atoms with Crippen LogP contribution >= 0.6 is 12.2 Å². The SMILES string of the molecule is COCc1nc(=S)cc(-c2cccc(C)c2)[nH]1. The molecule has 0 unspecified atom stereocenters. The standard InChI is InChI=1S/C13H14N2OS/c1-9-4-3-5-10(6-9)11-7-13(17)15-12(14-11)8-16-2/h3-7H,8H2,1-2H3,(H,14,15,17). The second kappa shape index (κ2) is 5.21. The lowest BCUT2D eigenvalue weighted by molar-refractivity contribution is 0.177. The van der Waals surface area contributed by atoms with Crippen LogP contribution in [0.5, 0.6) is 0 Å². The van der Waals surface area contributed by atoms with Crippen molar-refractivity contribution in [3.63, 3.8) is 0 Å². The van der Waals surface area contributed by atoms with Crippen LogP contribution in [0.15, 0.2) is 30.3 Å². The molecule has 0 aliphatic rings. The van der Waals surface area contributed by atoms with Gasteiger partial charge in [0, 0.05) is 12.8 Å². The molecule has 1 aromatic heterocycles. The summed E-state index contributed by atoms with van der Waals surface area (Å²) in [6, 6.07) is 10.1. The molecule has 17 heavy (non-hydrogen) atoms. The monoisotopic (exact) mass is 246 g/mol. The minimum Gasteiger partial charge on any atom is -0.377 e. The molecule has 88 valence electrons. The van der Waals surface area contributed by atoms with Crippen LogP contribution in [0, 0.1) is 11.6 Å². The molecule has 1 N–H and O–H groups in total. The zero-order valence-electron chi connectivity index (χ0n) is 9.86. The first-order valence-electron chi connectivity index (χ1n) is 5.35. The van der Waals surface area contributed by atoms with Crippen molar-refractivity contribution >= 4 is 12.2 Å². The number of rotatable bonds is 3. The highest BCUT2D eigenvalue weighted by molar-refractivity contribution is 7.71. The van der Waals surface area contributed by atoms with Crippen molar-refractivity contribution in [1.29, 1.82) is 0 Å². The number of ether oxygens (including phenoxy) is 1. The van der Waals surface area contributed by atoms with Gasteiger partial charge in [-0.25, -0.2) is 4.98 Å². The van der Waals surface area contributed by atoms with E-state index >= 15 is 0 Å². The lowest BCUT2D eigenvalue weighted by atomic mass is 10.1. The summed E-state index contributed by atoms with van der Waals surface area (Å²) >= 11 is 5.15. The summed E-state index contributed by atoms with van der Waals surface area (Å²) in [6.07, 6.45) is 0. The molecule has 2 aromatic rings. The zero-order chi connectivity index (χ0) is 12.3. The predicted molar refractivity (Wildman–Crippen MR) is 70.3 cm³/mol. The Kier molecular flexibility index (Phi) is 3.66. The molecule has 0 spiro atoms. The Morgan fingerprint density at radius 1 is 1.35 bits per heavy atom. The third kappa shape index (κ3) is 2.99. The highest BCUT2D eigenvalue weighted by Gasteiger charge is 2.02. The maximum absolute atomic E-state index is 5.15. The van der Waals surface area contributed by atoms with Gasteiger partial charge in [-0.3, -0.25) is 0 Å². The third-order valence-electron chi connectivity index (χ3n) is 2.40. The number of nitrogens with one attached hydrogen (secondary N) is 1. The fourth-order valence-corrected chi connectivity index (χ4v) is 1.91. The lowest BCUT2D eigenvalue weighted by Gasteiger charge is -2.06. The van der Waals surface area contributed by atoms with E-state index in [4.69, 9.17) is 17.0 Å². The molecular weight excluding hydrogens is 232 g/mol.